The van der Waals surface area contributed by atoms with E-state index in [1.165, 1.54) is 80.3 Å². The number of hydrogen-bond acceptors (Lipinski definition) is 1. The van der Waals surface area contributed by atoms with Crippen LogP contribution in [0.2, 0.25) is 0 Å². The van der Waals surface area contributed by atoms with Crippen LogP contribution in [0.15, 0.2) is 140 Å². The molecule has 0 bridgehead atoms. The summed E-state index contributed by atoms with van der Waals surface area (Å²) in [6, 6.07) is 51.1. The van der Waals surface area contributed by atoms with Gasteiger partial charge in [0.25, 0.3) is 0 Å². The molecule has 2 heterocycles. The summed E-state index contributed by atoms with van der Waals surface area (Å²) < 4.78 is 5.14. The zero-order valence-corrected chi connectivity index (χ0v) is 22.5. The summed E-state index contributed by atoms with van der Waals surface area (Å²) in [5.74, 6) is 0. The third-order valence-electron chi connectivity index (χ3n) is 8.37. The van der Waals surface area contributed by atoms with E-state index in [0.29, 0.717) is 0 Å². The van der Waals surface area contributed by atoms with Crippen molar-refractivity contribution in [2.24, 2.45) is 0 Å². The van der Waals surface area contributed by atoms with E-state index in [2.05, 4.69) is 144 Å². The summed E-state index contributed by atoms with van der Waals surface area (Å²) >= 11 is 1.90. The normalized spacial score (nSPS) is 12.0. The van der Waals surface area contributed by atoms with E-state index in [-0.39, 0.29) is 0 Å². The Bertz CT molecular complexity index is 2410. The van der Waals surface area contributed by atoms with Crippen LogP contribution in [0, 0.1) is 0 Å². The average molecular weight is 526 g/mol. The molecule has 186 valence electrons. The lowest BCUT2D eigenvalue weighted by atomic mass is 10.0. The number of hydrogen-bond donors (Lipinski definition) is 0. The zero-order chi connectivity index (χ0) is 26.2. The summed E-state index contributed by atoms with van der Waals surface area (Å²) in [6.45, 7) is 0. The number of thiophene rings is 1. The van der Waals surface area contributed by atoms with Crippen molar-refractivity contribution >= 4 is 74.9 Å². The molecule has 0 unspecified atom stereocenters. The molecule has 0 saturated heterocycles. The Hall–Kier alpha value is -4.92. The molecule has 0 N–H and O–H groups in total. The fourth-order valence-electron chi connectivity index (χ4n) is 6.54. The highest BCUT2D eigenvalue weighted by Crippen LogP contribution is 2.44. The van der Waals surface area contributed by atoms with Crippen LogP contribution in [0.5, 0.6) is 0 Å². The van der Waals surface area contributed by atoms with Crippen LogP contribution in [0.1, 0.15) is 0 Å². The van der Waals surface area contributed by atoms with Crippen LogP contribution in [0.4, 0.5) is 0 Å². The Labute approximate surface area is 235 Å². The summed E-state index contributed by atoms with van der Waals surface area (Å²) in [5, 5.41) is 10.5. The molecule has 9 rings (SSSR count). The SMILES string of the molecule is c1ccc(-c2ccc(-n3c4cc5c(cc4c4c6ccccc6ccc43)sc3ccc4ccccc4c35)cc2)cc1. The molecule has 0 atom stereocenters. The van der Waals surface area contributed by atoms with Crippen molar-refractivity contribution < 1.29 is 0 Å². The van der Waals surface area contributed by atoms with Gasteiger partial charge in [-0.05, 0) is 69.1 Å². The monoisotopic (exact) mass is 525 g/mol. The molecule has 0 radical (unpaired) electrons. The van der Waals surface area contributed by atoms with Crippen molar-refractivity contribution in [2.45, 2.75) is 0 Å². The van der Waals surface area contributed by atoms with Gasteiger partial charge in [-0.3, -0.25) is 0 Å². The molecule has 0 aliphatic heterocycles. The maximum absolute atomic E-state index is 2.46. The summed E-state index contributed by atoms with van der Waals surface area (Å²) in [5.41, 5.74) is 6.14. The molecule has 0 saturated carbocycles. The van der Waals surface area contributed by atoms with Gasteiger partial charge in [0.2, 0.25) is 0 Å². The molecule has 0 aliphatic carbocycles. The Kier molecular flexibility index (Phi) is 4.55. The van der Waals surface area contributed by atoms with Gasteiger partial charge in [-0.2, -0.15) is 0 Å². The second kappa shape index (κ2) is 8.29. The van der Waals surface area contributed by atoms with Crippen LogP contribution >= 0.6 is 11.3 Å². The highest BCUT2D eigenvalue weighted by Gasteiger charge is 2.18. The van der Waals surface area contributed by atoms with E-state index >= 15 is 0 Å². The lowest BCUT2D eigenvalue weighted by Crippen LogP contribution is -1.93. The first-order valence-electron chi connectivity index (χ1n) is 13.7. The standard InChI is InChI=1S/C38H23NS/c1-2-8-24(9-3-1)25-14-18-28(19-15-25)39-33-20-16-26-10-4-6-12-29(26)37(33)31-23-36-32(22-34(31)39)38-30-13-7-5-11-27(30)17-21-35(38)40-36/h1-23H. The highest BCUT2D eigenvalue weighted by molar-refractivity contribution is 7.26. The van der Waals surface area contributed by atoms with Gasteiger partial charge < -0.3 is 4.57 Å². The summed E-state index contributed by atoms with van der Waals surface area (Å²) in [7, 11) is 0. The van der Waals surface area contributed by atoms with E-state index in [1.807, 2.05) is 11.3 Å². The number of benzene rings is 7. The van der Waals surface area contributed by atoms with Gasteiger partial charge in [0.1, 0.15) is 0 Å². The quantitative estimate of drug-likeness (QED) is 0.211. The van der Waals surface area contributed by atoms with E-state index < -0.39 is 0 Å². The van der Waals surface area contributed by atoms with E-state index in [0.717, 1.165) is 0 Å². The van der Waals surface area contributed by atoms with Gasteiger partial charge in [0, 0.05) is 36.6 Å². The van der Waals surface area contributed by atoms with Gasteiger partial charge in [0.15, 0.2) is 0 Å². The van der Waals surface area contributed by atoms with Gasteiger partial charge in [0.05, 0.1) is 11.0 Å². The molecule has 0 fully saturated rings. The van der Waals surface area contributed by atoms with Crippen molar-refractivity contribution in [3.8, 4) is 16.8 Å². The molecule has 0 spiro atoms. The van der Waals surface area contributed by atoms with Crippen molar-refractivity contribution in [2.75, 3.05) is 0 Å². The second-order valence-corrected chi connectivity index (χ2v) is 11.6. The number of fused-ring (bicyclic) bond motifs is 10. The maximum atomic E-state index is 2.46. The van der Waals surface area contributed by atoms with E-state index in [4.69, 9.17) is 0 Å². The largest absolute Gasteiger partial charge is 0.309 e. The van der Waals surface area contributed by atoms with Crippen LogP contribution in [-0.4, -0.2) is 4.57 Å². The van der Waals surface area contributed by atoms with E-state index in [9.17, 15) is 0 Å². The highest BCUT2D eigenvalue weighted by atomic mass is 32.1. The smallest absolute Gasteiger partial charge is 0.0548 e. The van der Waals surface area contributed by atoms with Gasteiger partial charge >= 0.3 is 0 Å². The van der Waals surface area contributed by atoms with Gasteiger partial charge in [-0.15, -0.1) is 11.3 Å². The second-order valence-electron chi connectivity index (χ2n) is 10.6. The molecule has 0 amide bonds. The van der Waals surface area contributed by atoms with Crippen LogP contribution < -0.4 is 0 Å². The molecule has 0 aliphatic rings. The zero-order valence-electron chi connectivity index (χ0n) is 21.6. The molecular weight excluding hydrogens is 502 g/mol. The Morgan fingerprint density at radius 3 is 1.82 bits per heavy atom. The third kappa shape index (κ3) is 3.08. The summed E-state index contributed by atoms with van der Waals surface area (Å²) in [4.78, 5) is 0. The van der Waals surface area contributed by atoms with Crippen LogP contribution in [0.3, 0.4) is 0 Å². The fraction of sp³-hybridized carbons (Fsp3) is 0. The van der Waals surface area contributed by atoms with Gasteiger partial charge in [-0.25, -0.2) is 0 Å². The van der Waals surface area contributed by atoms with Crippen molar-refractivity contribution in [3.63, 3.8) is 0 Å². The summed E-state index contributed by atoms with van der Waals surface area (Å²) in [6.07, 6.45) is 0. The predicted molar refractivity (Wildman–Crippen MR) is 174 cm³/mol. The molecule has 1 nitrogen and oxygen atoms in total. The molecule has 7 aromatic carbocycles. The predicted octanol–water partition coefficient (Wildman–Crippen LogP) is 11.1. The minimum Gasteiger partial charge on any atom is -0.309 e. The first-order chi connectivity index (χ1) is 19.8. The molecule has 2 aromatic heterocycles. The van der Waals surface area contributed by atoms with Crippen LogP contribution in [0.25, 0.3) is 80.3 Å². The molecule has 9 aromatic rings. The molecular formula is C38H23NS. The first-order valence-corrected chi connectivity index (χ1v) is 14.5. The Morgan fingerprint density at radius 1 is 0.400 bits per heavy atom. The van der Waals surface area contributed by atoms with Gasteiger partial charge in [-0.1, -0.05) is 103 Å². The molecule has 2 heteroatoms. The van der Waals surface area contributed by atoms with E-state index in [1.54, 1.807) is 0 Å². The minimum atomic E-state index is 1.18. The lowest BCUT2D eigenvalue weighted by molar-refractivity contribution is 1.18. The van der Waals surface area contributed by atoms with Crippen molar-refractivity contribution in [1.82, 2.24) is 4.57 Å². The topological polar surface area (TPSA) is 4.93 Å². The lowest BCUT2D eigenvalue weighted by Gasteiger charge is -2.10. The molecule has 40 heavy (non-hydrogen) atoms. The number of rotatable bonds is 2. The minimum absolute atomic E-state index is 1.18. The average Bonchev–Trinajstić information content (AvgIpc) is 3.55. The number of nitrogens with zero attached hydrogens (tertiary/aromatic N) is 1. The number of aromatic nitrogens is 1. The first kappa shape index (κ1) is 22.0. The van der Waals surface area contributed by atoms with Crippen molar-refractivity contribution in [1.29, 1.82) is 0 Å². The van der Waals surface area contributed by atoms with Crippen molar-refractivity contribution in [3.05, 3.63) is 140 Å². The van der Waals surface area contributed by atoms with Crippen LogP contribution in [-0.2, 0) is 0 Å². The Balaban J connectivity index is 1.41. The third-order valence-corrected chi connectivity index (χ3v) is 9.49. The fourth-order valence-corrected chi connectivity index (χ4v) is 7.68. The maximum Gasteiger partial charge on any atom is 0.0548 e. The Morgan fingerprint density at radius 2 is 1.05 bits per heavy atom.